The second-order valence-electron chi connectivity index (χ2n) is 4.42. The lowest BCUT2D eigenvalue weighted by Gasteiger charge is -2.08. The van der Waals surface area contributed by atoms with E-state index in [4.69, 9.17) is 0 Å². The zero-order valence-electron chi connectivity index (χ0n) is 10.5. The second-order valence-corrected chi connectivity index (χ2v) is 6.68. The van der Waals surface area contributed by atoms with Gasteiger partial charge in [-0.15, -0.1) is 0 Å². The van der Waals surface area contributed by atoms with Crippen molar-refractivity contribution in [3.8, 4) is 0 Å². The maximum Gasteiger partial charge on any atom is 0.163 e. The monoisotopic (exact) mass is 254 g/mol. The molecule has 0 N–H and O–H groups in total. The first-order valence-corrected chi connectivity index (χ1v) is 7.64. The Kier molecular flexibility index (Phi) is 4.46. The van der Waals surface area contributed by atoms with Crippen molar-refractivity contribution in [3.63, 3.8) is 0 Å². The number of carbonyl (C=O) groups excluding carboxylic acids is 1. The van der Waals surface area contributed by atoms with Crippen molar-refractivity contribution in [1.82, 2.24) is 0 Å². The van der Waals surface area contributed by atoms with Crippen molar-refractivity contribution >= 4 is 15.6 Å². The lowest BCUT2D eigenvalue weighted by Crippen LogP contribution is -2.08. The molecule has 1 rings (SSSR count). The highest BCUT2D eigenvalue weighted by Crippen LogP contribution is 2.16. The van der Waals surface area contributed by atoms with E-state index in [1.807, 2.05) is 32.0 Å². The maximum absolute atomic E-state index is 12.0. The van der Waals surface area contributed by atoms with Crippen LogP contribution in [-0.4, -0.2) is 26.2 Å². The highest BCUT2D eigenvalue weighted by atomic mass is 32.2. The molecule has 0 atom stereocenters. The van der Waals surface area contributed by atoms with Crippen molar-refractivity contribution in [1.29, 1.82) is 0 Å². The van der Waals surface area contributed by atoms with Gasteiger partial charge in [-0.3, -0.25) is 4.79 Å². The highest BCUT2D eigenvalue weighted by molar-refractivity contribution is 7.90. The first-order chi connectivity index (χ1) is 7.81. The van der Waals surface area contributed by atoms with E-state index in [2.05, 4.69) is 0 Å². The van der Waals surface area contributed by atoms with Crippen molar-refractivity contribution in [2.24, 2.45) is 0 Å². The third kappa shape index (κ3) is 4.30. The van der Waals surface area contributed by atoms with E-state index in [0.717, 1.165) is 16.7 Å². The van der Waals surface area contributed by atoms with E-state index in [0.29, 0.717) is 12.8 Å². The Bertz CT molecular complexity index is 495. The van der Waals surface area contributed by atoms with Gasteiger partial charge in [-0.25, -0.2) is 8.42 Å². The van der Waals surface area contributed by atoms with Crippen LogP contribution in [0.4, 0.5) is 0 Å². The van der Waals surface area contributed by atoms with Crippen LogP contribution < -0.4 is 0 Å². The molecule has 0 spiro atoms. The van der Waals surface area contributed by atoms with Crippen molar-refractivity contribution < 1.29 is 13.2 Å². The number of hydrogen-bond acceptors (Lipinski definition) is 3. The number of aryl methyl sites for hydroxylation is 2. The molecule has 0 aliphatic rings. The zero-order valence-corrected chi connectivity index (χ0v) is 11.3. The summed E-state index contributed by atoms with van der Waals surface area (Å²) in [5.74, 6) is 0.105. The van der Waals surface area contributed by atoms with Crippen LogP contribution in [0.15, 0.2) is 18.2 Å². The predicted molar refractivity (Wildman–Crippen MR) is 69.2 cm³/mol. The summed E-state index contributed by atoms with van der Waals surface area (Å²) in [5.41, 5.74) is 2.64. The molecule has 0 bridgehead atoms. The number of carbonyl (C=O) groups is 1. The molecule has 3 nitrogen and oxygen atoms in total. The topological polar surface area (TPSA) is 51.2 Å². The summed E-state index contributed by atoms with van der Waals surface area (Å²) in [5, 5.41) is 0. The number of sulfone groups is 1. The van der Waals surface area contributed by atoms with Crippen LogP contribution >= 0.6 is 0 Å². The Morgan fingerprint density at radius 1 is 1.18 bits per heavy atom. The molecule has 1 aromatic carbocycles. The summed E-state index contributed by atoms with van der Waals surface area (Å²) in [4.78, 5) is 12.0. The normalized spacial score (nSPS) is 11.5. The fraction of sp³-hybridized carbons (Fsp3) is 0.462. The van der Waals surface area contributed by atoms with E-state index in [1.165, 1.54) is 6.26 Å². The van der Waals surface area contributed by atoms with Gasteiger partial charge in [0.2, 0.25) is 0 Å². The zero-order chi connectivity index (χ0) is 13.1. The van der Waals surface area contributed by atoms with Gasteiger partial charge in [-0.05, 0) is 31.4 Å². The van der Waals surface area contributed by atoms with Gasteiger partial charge in [0, 0.05) is 18.2 Å². The van der Waals surface area contributed by atoms with E-state index in [-0.39, 0.29) is 11.5 Å². The van der Waals surface area contributed by atoms with Gasteiger partial charge in [0.15, 0.2) is 5.78 Å². The van der Waals surface area contributed by atoms with E-state index >= 15 is 0 Å². The van der Waals surface area contributed by atoms with E-state index in [1.54, 1.807) is 0 Å². The van der Waals surface area contributed by atoms with Crippen LogP contribution in [0, 0.1) is 13.8 Å². The summed E-state index contributed by atoms with van der Waals surface area (Å²) >= 11 is 0. The van der Waals surface area contributed by atoms with Crippen LogP contribution in [0.3, 0.4) is 0 Å². The Morgan fingerprint density at radius 2 is 1.71 bits per heavy atom. The summed E-state index contributed by atoms with van der Waals surface area (Å²) in [6.07, 6.45) is 1.88. The number of Topliss-reactive ketones (excluding diaryl/α,β-unsaturated/α-hetero) is 1. The van der Waals surface area contributed by atoms with Gasteiger partial charge in [-0.2, -0.15) is 0 Å². The summed E-state index contributed by atoms with van der Waals surface area (Å²) in [6.45, 7) is 3.80. The maximum atomic E-state index is 12.0. The van der Waals surface area contributed by atoms with Crippen molar-refractivity contribution in [3.05, 3.63) is 34.9 Å². The van der Waals surface area contributed by atoms with Gasteiger partial charge < -0.3 is 0 Å². The Morgan fingerprint density at radius 3 is 2.18 bits per heavy atom. The largest absolute Gasteiger partial charge is 0.294 e. The molecule has 1 aromatic rings. The molecule has 0 saturated heterocycles. The number of ketones is 1. The number of hydrogen-bond donors (Lipinski definition) is 0. The lowest BCUT2D eigenvalue weighted by molar-refractivity contribution is 0.0981. The van der Waals surface area contributed by atoms with Crippen LogP contribution in [0.5, 0.6) is 0 Å². The van der Waals surface area contributed by atoms with Gasteiger partial charge in [-0.1, -0.05) is 18.2 Å². The minimum absolute atomic E-state index is 0.0317. The molecule has 94 valence electrons. The molecule has 17 heavy (non-hydrogen) atoms. The molecule has 0 radical (unpaired) electrons. The van der Waals surface area contributed by atoms with Crippen molar-refractivity contribution in [2.75, 3.05) is 12.0 Å². The fourth-order valence-electron chi connectivity index (χ4n) is 1.87. The standard InChI is InChI=1S/C13H18O3S/c1-10-6-4-7-11(2)13(10)12(14)8-5-9-17(3,15)16/h4,6-7H,5,8-9H2,1-3H3. The van der Waals surface area contributed by atoms with Gasteiger partial charge in [0.05, 0.1) is 5.75 Å². The molecule has 0 heterocycles. The molecule has 0 aliphatic heterocycles. The quantitative estimate of drug-likeness (QED) is 0.758. The van der Waals surface area contributed by atoms with Crippen molar-refractivity contribution in [2.45, 2.75) is 26.7 Å². The Labute approximate surface area is 103 Å². The van der Waals surface area contributed by atoms with Crippen LogP contribution in [0.1, 0.15) is 34.3 Å². The first kappa shape index (κ1) is 13.9. The second kappa shape index (κ2) is 5.45. The number of benzene rings is 1. The average molecular weight is 254 g/mol. The van der Waals surface area contributed by atoms with Crippen LogP contribution in [-0.2, 0) is 9.84 Å². The van der Waals surface area contributed by atoms with E-state index in [9.17, 15) is 13.2 Å². The fourth-order valence-corrected chi connectivity index (χ4v) is 2.54. The van der Waals surface area contributed by atoms with Gasteiger partial charge in [0.25, 0.3) is 0 Å². The van der Waals surface area contributed by atoms with Crippen LogP contribution in [0.25, 0.3) is 0 Å². The Balaban J connectivity index is 2.71. The average Bonchev–Trinajstić information content (AvgIpc) is 2.15. The first-order valence-electron chi connectivity index (χ1n) is 5.58. The summed E-state index contributed by atoms with van der Waals surface area (Å²) in [7, 11) is -2.97. The third-order valence-corrected chi connectivity index (χ3v) is 3.71. The highest BCUT2D eigenvalue weighted by Gasteiger charge is 2.12. The summed E-state index contributed by atoms with van der Waals surface area (Å²) < 4.78 is 21.9. The molecule has 0 saturated carbocycles. The third-order valence-electron chi connectivity index (χ3n) is 2.68. The van der Waals surface area contributed by atoms with Gasteiger partial charge in [0.1, 0.15) is 9.84 Å². The molecule has 0 amide bonds. The minimum Gasteiger partial charge on any atom is -0.294 e. The molecular formula is C13H18O3S. The smallest absolute Gasteiger partial charge is 0.163 e. The molecule has 0 fully saturated rings. The van der Waals surface area contributed by atoms with Crippen LogP contribution in [0.2, 0.25) is 0 Å². The Hall–Kier alpha value is -1.16. The minimum atomic E-state index is -2.97. The molecule has 0 unspecified atom stereocenters. The molecule has 4 heteroatoms. The molecule has 0 aliphatic carbocycles. The lowest BCUT2D eigenvalue weighted by atomic mass is 9.97. The van der Waals surface area contributed by atoms with E-state index < -0.39 is 9.84 Å². The SMILES string of the molecule is Cc1cccc(C)c1C(=O)CCCS(C)(=O)=O. The van der Waals surface area contributed by atoms with Gasteiger partial charge >= 0.3 is 0 Å². The molecular weight excluding hydrogens is 236 g/mol. The molecule has 0 aromatic heterocycles. The predicted octanol–water partition coefficient (Wildman–Crippen LogP) is 2.31. The summed E-state index contributed by atoms with van der Waals surface area (Å²) in [6, 6.07) is 5.71. The number of rotatable bonds is 5.